The lowest BCUT2D eigenvalue weighted by atomic mass is 9.77. The number of carbonyl (C=O) groups is 1. The lowest BCUT2D eigenvalue weighted by Crippen LogP contribution is -2.42. The van der Waals surface area contributed by atoms with Crippen molar-refractivity contribution in [3.63, 3.8) is 0 Å². The number of fused-ring (bicyclic) bond motifs is 1. The maximum atomic E-state index is 13.7. The first kappa shape index (κ1) is 15.5. The summed E-state index contributed by atoms with van der Waals surface area (Å²) in [6.45, 7) is 0. The van der Waals surface area contributed by atoms with E-state index in [1.807, 2.05) is 7.05 Å². The third-order valence-electron chi connectivity index (χ3n) is 3.38. The Labute approximate surface area is 134 Å². The Morgan fingerprint density at radius 2 is 2.41 bits per heavy atom. The van der Waals surface area contributed by atoms with Crippen LogP contribution in [0, 0.1) is 5.82 Å². The normalized spacial score (nSPS) is 23.4. The van der Waals surface area contributed by atoms with Crippen LogP contribution >= 0.6 is 23.5 Å². The molecule has 2 N–H and O–H groups in total. The molecule has 0 radical (unpaired) electrons. The number of hydrazone groups is 1. The molecule has 1 aromatic rings. The fourth-order valence-electron chi connectivity index (χ4n) is 2.29. The molecule has 10 heteroatoms. The average molecular weight is 342 g/mol. The Hall–Kier alpha value is -1.39. The van der Waals surface area contributed by atoms with Crippen LogP contribution in [0.3, 0.4) is 0 Å². The van der Waals surface area contributed by atoms with Gasteiger partial charge in [0.1, 0.15) is 21.8 Å². The Bertz CT molecular complexity index is 648. The van der Waals surface area contributed by atoms with Crippen molar-refractivity contribution < 1.29 is 24.0 Å². The molecule has 0 saturated carbocycles. The minimum atomic E-state index is -1.41. The number of nitrogens with zero attached hydrogens (tertiary/aromatic N) is 2. The zero-order valence-corrected chi connectivity index (χ0v) is 13.1. The van der Waals surface area contributed by atoms with E-state index < -0.39 is 24.5 Å². The van der Waals surface area contributed by atoms with Crippen LogP contribution in [-0.4, -0.2) is 50.7 Å². The maximum Gasteiger partial charge on any atom is 0.537 e. The summed E-state index contributed by atoms with van der Waals surface area (Å²) in [4.78, 5) is 11.2. The van der Waals surface area contributed by atoms with E-state index >= 15 is 0 Å². The fourth-order valence-corrected chi connectivity index (χ4v) is 4.66. The van der Waals surface area contributed by atoms with E-state index in [1.54, 1.807) is 10.6 Å². The highest BCUT2D eigenvalue weighted by Gasteiger charge is 2.40. The Morgan fingerprint density at radius 1 is 1.64 bits per heavy atom. The smallest absolute Gasteiger partial charge is 0.535 e. The second-order valence-corrected chi connectivity index (χ2v) is 7.39. The number of rotatable bonds is 3. The number of carboxylic acids is 1. The summed E-state index contributed by atoms with van der Waals surface area (Å²) in [6, 6.07) is 2.61. The highest BCUT2D eigenvalue weighted by molar-refractivity contribution is 8.24. The topological polar surface area (TPSA) is 82.4 Å². The number of carboxylic acid groups (broad SMARTS) is 1. The molecule has 0 amide bonds. The Balaban J connectivity index is 1.84. The van der Waals surface area contributed by atoms with Crippen LogP contribution in [0.25, 0.3) is 0 Å². The van der Waals surface area contributed by atoms with Gasteiger partial charge in [0.25, 0.3) is 0 Å². The second kappa shape index (κ2) is 6.02. The zero-order chi connectivity index (χ0) is 15.9. The van der Waals surface area contributed by atoms with Gasteiger partial charge in [0.15, 0.2) is 0 Å². The number of thioether (sulfide) groups is 2. The first-order valence-corrected chi connectivity index (χ1v) is 8.31. The summed E-state index contributed by atoms with van der Waals surface area (Å²) in [7, 11) is 0.628. The minimum absolute atomic E-state index is 0.0178. The maximum absolute atomic E-state index is 13.7. The van der Waals surface area contributed by atoms with Gasteiger partial charge in [0, 0.05) is 7.05 Å². The molecule has 0 spiro atoms. The van der Waals surface area contributed by atoms with Crippen LogP contribution in [-0.2, 0) is 6.42 Å². The molecular weight excluding hydrogens is 330 g/mol. The van der Waals surface area contributed by atoms with Crippen LogP contribution < -0.4 is 4.65 Å². The van der Waals surface area contributed by atoms with E-state index in [4.69, 9.17) is 9.76 Å². The molecule has 0 bridgehead atoms. The monoisotopic (exact) mass is 342 g/mol. The zero-order valence-electron chi connectivity index (χ0n) is 11.5. The van der Waals surface area contributed by atoms with Crippen molar-refractivity contribution in [2.75, 3.05) is 7.05 Å². The van der Waals surface area contributed by atoms with Crippen molar-refractivity contribution in [1.82, 2.24) is 5.01 Å². The summed E-state index contributed by atoms with van der Waals surface area (Å²) in [5.41, 5.74) is 1.77. The minimum Gasteiger partial charge on any atom is -0.535 e. The van der Waals surface area contributed by atoms with Gasteiger partial charge >= 0.3 is 13.1 Å². The van der Waals surface area contributed by atoms with Crippen molar-refractivity contribution in [3.05, 3.63) is 29.1 Å². The van der Waals surface area contributed by atoms with Crippen LogP contribution in [0.4, 0.5) is 4.39 Å². The third-order valence-corrected chi connectivity index (χ3v) is 6.09. The molecule has 2 aliphatic heterocycles. The highest BCUT2D eigenvalue weighted by atomic mass is 32.2. The van der Waals surface area contributed by atoms with E-state index in [2.05, 4.69) is 5.10 Å². The predicted octanol–water partition coefficient (Wildman–Crippen LogP) is 1.49. The molecular formula is C12H12BFN2O4S2. The second-order valence-electron chi connectivity index (χ2n) is 4.84. The summed E-state index contributed by atoms with van der Waals surface area (Å²) < 4.78 is 19.0. The lowest BCUT2D eigenvalue weighted by molar-refractivity contribution is 0.0689. The van der Waals surface area contributed by atoms with Crippen LogP contribution in [0.15, 0.2) is 17.2 Å². The molecule has 6 nitrogen and oxygen atoms in total. The van der Waals surface area contributed by atoms with Gasteiger partial charge < -0.3 is 14.8 Å². The van der Waals surface area contributed by atoms with Gasteiger partial charge in [-0.1, -0.05) is 17.8 Å². The van der Waals surface area contributed by atoms with Crippen molar-refractivity contribution in [2.45, 2.75) is 16.3 Å². The number of hydrogen-bond donors (Lipinski definition) is 2. The molecule has 1 unspecified atom stereocenters. The van der Waals surface area contributed by atoms with Gasteiger partial charge in [0.05, 0.1) is 10.7 Å². The van der Waals surface area contributed by atoms with Crippen LogP contribution in [0.2, 0.25) is 0 Å². The Morgan fingerprint density at radius 3 is 3.05 bits per heavy atom. The molecule has 116 valence electrons. The van der Waals surface area contributed by atoms with E-state index in [0.717, 1.165) is 6.07 Å². The third kappa shape index (κ3) is 2.78. The lowest BCUT2D eigenvalue weighted by Gasteiger charge is -2.30. The quantitative estimate of drug-likeness (QED) is 0.806. The van der Waals surface area contributed by atoms with E-state index in [1.165, 1.54) is 29.6 Å². The number of hydrogen-bond acceptors (Lipinski definition) is 7. The number of benzene rings is 1. The highest BCUT2D eigenvalue weighted by Crippen LogP contribution is 2.39. The van der Waals surface area contributed by atoms with Gasteiger partial charge in [0.2, 0.25) is 0 Å². The molecule has 0 aromatic heterocycles. The van der Waals surface area contributed by atoms with Crippen molar-refractivity contribution >= 4 is 42.2 Å². The van der Waals surface area contributed by atoms with Crippen LogP contribution in [0.5, 0.6) is 5.75 Å². The first-order valence-electron chi connectivity index (χ1n) is 6.43. The summed E-state index contributed by atoms with van der Waals surface area (Å²) in [6.07, 6.45) is 0.395. The van der Waals surface area contributed by atoms with Gasteiger partial charge in [-0.05, 0) is 18.1 Å². The molecule has 3 rings (SSSR count). The summed E-state index contributed by atoms with van der Waals surface area (Å²) in [5, 5.41) is 24.8. The van der Waals surface area contributed by atoms with Crippen LogP contribution in [0.1, 0.15) is 15.9 Å². The van der Waals surface area contributed by atoms with Gasteiger partial charge in [-0.3, -0.25) is 5.01 Å². The molecule has 22 heavy (non-hydrogen) atoms. The molecule has 1 aromatic carbocycles. The van der Waals surface area contributed by atoms with Crippen molar-refractivity contribution in [2.24, 2.45) is 5.10 Å². The van der Waals surface area contributed by atoms with Crippen molar-refractivity contribution in [1.29, 1.82) is 0 Å². The molecule has 2 aliphatic rings. The Kier molecular flexibility index (Phi) is 4.24. The van der Waals surface area contributed by atoms with Gasteiger partial charge in [-0.15, -0.1) is 11.8 Å². The number of halogens is 1. The van der Waals surface area contributed by atoms with E-state index in [9.17, 15) is 14.2 Å². The predicted molar refractivity (Wildman–Crippen MR) is 84.7 cm³/mol. The fraction of sp³-hybridized carbons (Fsp3) is 0.333. The molecule has 0 saturated heterocycles. The molecule has 2 atom stereocenters. The first-order chi connectivity index (χ1) is 10.5. The molecule has 2 heterocycles. The number of aromatic carboxylic acids is 1. The summed E-state index contributed by atoms with van der Waals surface area (Å²) in [5.74, 6) is -2.36. The molecule has 0 aliphatic carbocycles. The van der Waals surface area contributed by atoms with E-state index in [0.29, 0.717) is 12.0 Å². The molecule has 0 fully saturated rings. The largest absolute Gasteiger partial charge is 0.537 e. The summed E-state index contributed by atoms with van der Waals surface area (Å²) >= 11 is 2.99. The van der Waals surface area contributed by atoms with Crippen molar-refractivity contribution in [3.8, 4) is 5.75 Å². The van der Waals surface area contributed by atoms with Gasteiger partial charge in [-0.2, -0.15) is 5.10 Å². The SMILES string of the molecule is CN1N=CSC1S[C@H]1Cc2ccc(F)c(C(=O)O)c2OB1O. The van der Waals surface area contributed by atoms with E-state index in [-0.39, 0.29) is 15.6 Å². The van der Waals surface area contributed by atoms with Gasteiger partial charge in [-0.25, -0.2) is 9.18 Å². The average Bonchev–Trinajstić information content (AvgIpc) is 2.85. The standard InChI is InChI=1S/C12H12BFN2O4S2/c1-16-12(21-5-15-16)22-8-4-6-2-3-7(14)9(11(17)18)10(6)20-13(8)19/h2-3,5,8,12,19H,4H2,1H3,(H,17,18)/t8-,12?/m0/s1.